The van der Waals surface area contributed by atoms with Crippen LogP contribution in [0.4, 0.5) is 0 Å². The van der Waals surface area contributed by atoms with Crippen LogP contribution in [0.2, 0.25) is 0 Å². The van der Waals surface area contributed by atoms with Gasteiger partial charge in [0.25, 0.3) is 0 Å². The Labute approximate surface area is 62.0 Å². The molecule has 1 aliphatic rings. The van der Waals surface area contributed by atoms with Crippen LogP contribution in [-0.4, -0.2) is 5.54 Å². The highest BCUT2D eigenvalue weighted by Gasteiger charge is 2.34. The second-order valence-corrected chi connectivity index (χ2v) is 3.29. The van der Waals surface area contributed by atoms with Gasteiger partial charge in [0.2, 0.25) is 0 Å². The Morgan fingerprint density at radius 2 is 2.00 bits per heavy atom. The van der Waals surface area contributed by atoms with Crippen LogP contribution in [0.5, 0.6) is 0 Å². The second kappa shape index (κ2) is 2.59. The highest BCUT2D eigenvalue weighted by Crippen LogP contribution is 2.32. The van der Waals surface area contributed by atoms with E-state index in [1.165, 1.54) is 12.8 Å². The molecule has 0 aliphatic heterocycles. The summed E-state index contributed by atoms with van der Waals surface area (Å²) in [6.07, 6.45) is 4.45. The van der Waals surface area contributed by atoms with Gasteiger partial charge in [-0.2, -0.15) is 5.26 Å². The van der Waals surface area contributed by atoms with E-state index in [4.69, 9.17) is 11.0 Å². The maximum absolute atomic E-state index is 8.63. The van der Waals surface area contributed by atoms with Crippen molar-refractivity contribution in [1.82, 2.24) is 0 Å². The first kappa shape index (κ1) is 7.56. The zero-order chi connectivity index (χ0) is 7.61. The van der Waals surface area contributed by atoms with Crippen LogP contribution in [0, 0.1) is 17.2 Å². The Hall–Kier alpha value is -0.550. The highest BCUT2D eigenvalue weighted by atomic mass is 14.8. The van der Waals surface area contributed by atoms with E-state index in [-0.39, 0.29) is 11.5 Å². The fourth-order valence-corrected chi connectivity index (χ4v) is 1.59. The van der Waals surface area contributed by atoms with Gasteiger partial charge in [-0.25, -0.2) is 0 Å². The summed E-state index contributed by atoms with van der Waals surface area (Å²) in [5, 5.41) is 8.63. The molecule has 1 unspecified atom stereocenters. The first-order valence-electron chi connectivity index (χ1n) is 3.87. The van der Waals surface area contributed by atoms with Gasteiger partial charge in [0.05, 0.1) is 12.0 Å². The summed E-state index contributed by atoms with van der Waals surface area (Å²) in [5.41, 5.74) is 5.83. The van der Waals surface area contributed by atoms with Crippen LogP contribution < -0.4 is 5.73 Å². The maximum atomic E-state index is 8.63. The molecule has 1 rings (SSSR count). The zero-order valence-electron chi connectivity index (χ0n) is 6.43. The van der Waals surface area contributed by atoms with Crippen LogP contribution in [0.1, 0.15) is 32.6 Å². The Morgan fingerprint density at radius 1 is 1.50 bits per heavy atom. The molecule has 2 nitrogen and oxygen atoms in total. The van der Waals surface area contributed by atoms with Crippen molar-refractivity contribution in [3.05, 3.63) is 0 Å². The van der Waals surface area contributed by atoms with Crippen molar-refractivity contribution >= 4 is 0 Å². The molecule has 0 radical (unpaired) electrons. The van der Waals surface area contributed by atoms with Crippen LogP contribution in [0.15, 0.2) is 0 Å². The molecule has 1 aliphatic carbocycles. The van der Waals surface area contributed by atoms with Crippen LogP contribution in [-0.2, 0) is 0 Å². The number of nitriles is 1. The third kappa shape index (κ3) is 1.15. The Morgan fingerprint density at radius 3 is 2.40 bits per heavy atom. The molecule has 0 spiro atoms. The SMILES string of the molecule is CC(C#N)C1(N)CCCC1. The number of hydrogen-bond acceptors (Lipinski definition) is 2. The Bertz CT molecular complexity index is 151. The quantitative estimate of drug-likeness (QED) is 0.595. The molecule has 56 valence electrons. The standard InChI is InChI=1S/C8H14N2/c1-7(6-9)8(10)4-2-3-5-8/h7H,2-5,10H2,1H3. The molecular weight excluding hydrogens is 124 g/mol. The van der Waals surface area contributed by atoms with E-state index in [0.29, 0.717) is 0 Å². The molecule has 1 saturated carbocycles. The summed E-state index contributed by atoms with van der Waals surface area (Å²) >= 11 is 0. The largest absolute Gasteiger partial charge is 0.324 e. The minimum Gasteiger partial charge on any atom is -0.324 e. The van der Waals surface area contributed by atoms with Crippen LogP contribution in [0.25, 0.3) is 0 Å². The van der Waals surface area contributed by atoms with Crippen molar-refractivity contribution in [2.24, 2.45) is 11.7 Å². The lowest BCUT2D eigenvalue weighted by Gasteiger charge is -2.25. The van der Waals surface area contributed by atoms with Crippen LogP contribution in [0.3, 0.4) is 0 Å². The van der Waals surface area contributed by atoms with Crippen molar-refractivity contribution in [3.8, 4) is 6.07 Å². The molecule has 0 bridgehead atoms. The molecule has 0 amide bonds. The average molecular weight is 138 g/mol. The first-order chi connectivity index (χ1) is 4.69. The summed E-state index contributed by atoms with van der Waals surface area (Å²) in [4.78, 5) is 0. The molecule has 1 atom stereocenters. The van der Waals surface area contributed by atoms with Gasteiger partial charge in [-0.1, -0.05) is 12.8 Å². The van der Waals surface area contributed by atoms with Crippen molar-refractivity contribution in [2.45, 2.75) is 38.1 Å². The van der Waals surface area contributed by atoms with E-state index in [0.717, 1.165) is 12.8 Å². The molecule has 0 aromatic carbocycles. The molecule has 2 N–H and O–H groups in total. The van der Waals surface area contributed by atoms with Gasteiger partial charge in [-0.3, -0.25) is 0 Å². The predicted molar refractivity (Wildman–Crippen MR) is 40.2 cm³/mol. The lowest BCUT2D eigenvalue weighted by molar-refractivity contribution is 0.354. The summed E-state index contributed by atoms with van der Waals surface area (Å²) in [6.45, 7) is 1.92. The van der Waals surface area contributed by atoms with Crippen molar-refractivity contribution in [2.75, 3.05) is 0 Å². The number of rotatable bonds is 1. The van der Waals surface area contributed by atoms with Crippen molar-refractivity contribution in [3.63, 3.8) is 0 Å². The summed E-state index contributed by atoms with van der Waals surface area (Å²) < 4.78 is 0. The van der Waals surface area contributed by atoms with E-state index in [1.54, 1.807) is 0 Å². The fraction of sp³-hybridized carbons (Fsp3) is 0.875. The minimum atomic E-state index is -0.158. The lowest BCUT2D eigenvalue weighted by Crippen LogP contribution is -2.42. The van der Waals surface area contributed by atoms with Gasteiger partial charge in [0.1, 0.15) is 0 Å². The summed E-state index contributed by atoms with van der Waals surface area (Å²) in [7, 11) is 0. The summed E-state index contributed by atoms with van der Waals surface area (Å²) in [5.74, 6) is 0.0231. The van der Waals surface area contributed by atoms with E-state index >= 15 is 0 Å². The van der Waals surface area contributed by atoms with Gasteiger partial charge in [-0.15, -0.1) is 0 Å². The second-order valence-electron chi connectivity index (χ2n) is 3.29. The minimum absolute atomic E-state index is 0.0231. The van der Waals surface area contributed by atoms with E-state index < -0.39 is 0 Å². The topological polar surface area (TPSA) is 49.8 Å². The van der Waals surface area contributed by atoms with Gasteiger partial charge in [0.15, 0.2) is 0 Å². The van der Waals surface area contributed by atoms with Gasteiger partial charge in [0, 0.05) is 5.54 Å². The molecule has 1 fully saturated rings. The normalized spacial score (nSPS) is 25.7. The molecule has 0 heterocycles. The summed E-state index contributed by atoms with van der Waals surface area (Å²) in [6, 6.07) is 2.22. The monoisotopic (exact) mass is 138 g/mol. The average Bonchev–Trinajstić information content (AvgIpc) is 2.36. The maximum Gasteiger partial charge on any atom is 0.0672 e. The number of nitrogens with two attached hydrogens (primary N) is 1. The Kier molecular flexibility index (Phi) is 1.96. The molecule has 0 aromatic rings. The molecule has 2 heteroatoms. The Balaban J connectivity index is 2.60. The van der Waals surface area contributed by atoms with Gasteiger partial charge >= 0.3 is 0 Å². The predicted octanol–water partition coefficient (Wildman–Crippen LogP) is 1.42. The third-order valence-electron chi connectivity index (χ3n) is 2.59. The van der Waals surface area contributed by atoms with Crippen LogP contribution >= 0.6 is 0 Å². The number of hydrogen-bond donors (Lipinski definition) is 1. The molecule has 10 heavy (non-hydrogen) atoms. The number of nitrogens with zero attached hydrogens (tertiary/aromatic N) is 1. The smallest absolute Gasteiger partial charge is 0.0672 e. The fourth-order valence-electron chi connectivity index (χ4n) is 1.59. The molecule has 0 saturated heterocycles. The molecule has 0 aromatic heterocycles. The van der Waals surface area contributed by atoms with Gasteiger partial charge in [-0.05, 0) is 19.8 Å². The van der Waals surface area contributed by atoms with Gasteiger partial charge < -0.3 is 5.73 Å². The third-order valence-corrected chi connectivity index (χ3v) is 2.59. The molecular formula is C8H14N2. The van der Waals surface area contributed by atoms with Crippen molar-refractivity contribution in [1.29, 1.82) is 5.26 Å². The first-order valence-corrected chi connectivity index (χ1v) is 3.87. The van der Waals surface area contributed by atoms with E-state index in [1.807, 2.05) is 6.92 Å². The van der Waals surface area contributed by atoms with Crippen molar-refractivity contribution < 1.29 is 0 Å². The van der Waals surface area contributed by atoms with E-state index in [2.05, 4.69) is 6.07 Å². The van der Waals surface area contributed by atoms with E-state index in [9.17, 15) is 0 Å². The zero-order valence-corrected chi connectivity index (χ0v) is 6.43. The highest BCUT2D eigenvalue weighted by molar-refractivity contribution is 5.02. The lowest BCUT2D eigenvalue weighted by atomic mass is 9.86.